The van der Waals surface area contributed by atoms with E-state index < -0.39 is 14.9 Å². The van der Waals surface area contributed by atoms with E-state index in [0.717, 1.165) is 6.20 Å². The highest BCUT2D eigenvalue weighted by atomic mass is 32.2. The molecular formula is C14H17N5O5S2. The smallest absolute Gasteiger partial charge is 0.306 e. The number of aromatic nitrogens is 2. The third kappa shape index (κ3) is 3.92. The Balaban J connectivity index is 1.51. The maximum atomic E-state index is 12.5. The molecule has 0 radical (unpaired) electrons. The van der Waals surface area contributed by atoms with E-state index in [0.29, 0.717) is 17.3 Å². The number of rotatable bonds is 6. The molecule has 3 heterocycles. The molecule has 0 bridgehead atoms. The predicted octanol–water partition coefficient (Wildman–Crippen LogP) is 0.776. The molecular weight excluding hydrogens is 382 g/mol. The van der Waals surface area contributed by atoms with Crippen molar-refractivity contribution in [3.8, 4) is 0 Å². The summed E-state index contributed by atoms with van der Waals surface area (Å²) in [6, 6.07) is 3.26. The number of carbonyl (C=O) groups excluding carboxylic acids is 1. The number of nitro groups is 1. The Labute approximate surface area is 153 Å². The van der Waals surface area contributed by atoms with E-state index in [9.17, 15) is 23.3 Å². The van der Waals surface area contributed by atoms with Crippen molar-refractivity contribution in [2.45, 2.75) is 17.2 Å². The molecule has 0 saturated carbocycles. The number of nitrogens with zero attached hydrogens (tertiary/aromatic N) is 5. The van der Waals surface area contributed by atoms with Crippen LogP contribution in [-0.4, -0.2) is 64.4 Å². The summed E-state index contributed by atoms with van der Waals surface area (Å²) in [7, 11) is -3.49. The zero-order valence-electron chi connectivity index (χ0n) is 13.7. The van der Waals surface area contributed by atoms with Crippen LogP contribution in [0.1, 0.15) is 6.42 Å². The predicted molar refractivity (Wildman–Crippen MR) is 93.2 cm³/mol. The molecule has 12 heteroatoms. The quantitative estimate of drug-likeness (QED) is 0.523. The highest BCUT2D eigenvalue weighted by molar-refractivity contribution is 7.91. The lowest BCUT2D eigenvalue weighted by atomic mass is 10.3. The van der Waals surface area contributed by atoms with E-state index in [1.807, 2.05) is 0 Å². The topological polar surface area (TPSA) is 119 Å². The van der Waals surface area contributed by atoms with Crippen LogP contribution in [0.5, 0.6) is 0 Å². The Morgan fingerprint density at radius 3 is 2.62 bits per heavy atom. The van der Waals surface area contributed by atoms with Crippen LogP contribution in [0.15, 0.2) is 34.1 Å². The van der Waals surface area contributed by atoms with Crippen LogP contribution < -0.4 is 0 Å². The fourth-order valence-corrected chi connectivity index (χ4v) is 5.22. The minimum absolute atomic E-state index is 0.121. The lowest BCUT2D eigenvalue weighted by molar-refractivity contribution is -0.385. The number of thiophene rings is 1. The highest BCUT2D eigenvalue weighted by Crippen LogP contribution is 2.22. The second-order valence-electron chi connectivity index (χ2n) is 5.69. The SMILES string of the molecule is O=C(CCn1cc([N+](=O)[O-])cn1)N1CCN(S(=O)(=O)c2cccs2)CC1. The molecule has 0 unspecified atom stereocenters. The van der Waals surface area contributed by atoms with E-state index in [1.165, 1.54) is 26.5 Å². The van der Waals surface area contributed by atoms with Gasteiger partial charge in [0.15, 0.2) is 0 Å². The van der Waals surface area contributed by atoms with E-state index in [4.69, 9.17) is 0 Å². The number of carbonyl (C=O) groups is 1. The van der Waals surface area contributed by atoms with E-state index in [2.05, 4.69) is 5.10 Å². The summed E-state index contributed by atoms with van der Waals surface area (Å²) in [5, 5.41) is 16.2. The van der Waals surface area contributed by atoms with Gasteiger partial charge in [0.2, 0.25) is 5.91 Å². The van der Waals surface area contributed by atoms with E-state index in [-0.39, 0.29) is 37.6 Å². The Hall–Kier alpha value is -2.31. The van der Waals surface area contributed by atoms with Crippen molar-refractivity contribution in [2.24, 2.45) is 0 Å². The van der Waals surface area contributed by atoms with Crippen molar-refractivity contribution >= 4 is 33.0 Å². The van der Waals surface area contributed by atoms with Crippen molar-refractivity contribution in [1.29, 1.82) is 0 Å². The average molecular weight is 399 g/mol. The van der Waals surface area contributed by atoms with Crippen LogP contribution in [0.25, 0.3) is 0 Å². The Morgan fingerprint density at radius 1 is 1.31 bits per heavy atom. The van der Waals surface area contributed by atoms with Crippen molar-refractivity contribution < 1.29 is 18.1 Å². The third-order valence-corrected chi connectivity index (χ3v) is 7.34. The maximum Gasteiger partial charge on any atom is 0.306 e. The van der Waals surface area contributed by atoms with Gasteiger partial charge in [0.1, 0.15) is 16.6 Å². The second kappa shape index (κ2) is 7.51. The average Bonchev–Trinajstić information content (AvgIpc) is 3.31. The summed E-state index contributed by atoms with van der Waals surface area (Å²) in [6.45, 7) is 1.38. The lowest BCUT2D eigenvalue weighted by Crippen LogP contribution is -2.50. The maximum absolute atomic E-state index is 12.5. The zero-order valence-corrected chi connectivity index (χ0v) is 15.4. The Bertz CT molecular complexity index is 885. The summed E-state index contributed by atoms with van der Waals surface area (Å²) in [4.78, 5) is 24.0. The number of amides is 1. The van der Waals surface area contributed by atoms with Crippen LogP contribution >= 0.6 is 11.3 Å². The first kappa shape index (κ1) is 18.5. The number of hydrogen-bond acceptors (Lipinski definition) is 7. The number of hydrogen-bond donors (Lipinski definition) is 0. The van der Waals surface area contributed by atoms with Gasteiger partial charge in [-0.25, -0.2) is 8.42 Å². The largest absolute Gasteiger partial charge is 0.340 e. The molecule has 0 atom stereocenters. The number of piperazine rings is 1. The Kier molecular flexibility index (Phi) is 5.34. The number of sulfonamides is 1. The van der Waals surface area contributed by atoms with Crippen LogP contribution in [-0.2, 0) is 21.4 Å². The standard InChI is InChI=1S/C14H17N5O5S2/c20-13(3-4-17-11-12(10-15-17)19(21)22)16-5-7-18(8-6-16)26(23,24)14-2-1-9-25-14/h1-2,9-11H,3-8H2. The summed E-state index contributed by atoms with van der Waals surface area (Å²) in [5.41, 5.74) is -0.121. The summed E-state index contributed by atoms with van der Waals surface area (Å²) >= 11 is 1.17. The molecule has 2 aromatic rings. The molecule has 1 aliphatic heterocycles. The van der Waals surface area contributed by atoms with Crippen LogP contribution in [0.3, 0.4) is 0 Å². The summed E-state index contributed by atoms with van der Waals surface area (Å²) in [6.07, 6.45) is 2.56. The Morgan fingerprint density at radius 2 is 2.04 bits per heavy atom. The molecule has 1 saturated heterocycles. The first-order valence-corrected chi connectivity index (χ1v) is 10.2. The first-order valence-electron chi connectivity index (χ1n) is 7.86. The molecule has 1 fully saturated rings. The van der Waals surface area contributed by atoms with Gasteiger partial charge >= 0.3 is 5.69 Å². The van der Waals surface area contributed by atoms with Crippen molar-refractivity contribution in [3.63, 3.8) is 0 Å². The second-order valence-corrected chi connectivity index (χ2v) is 8.80. The van der Waals surface area contributed by atoms with Gasteiger partial charge in [-0.05, 0) is 11.4 Å². The molecule has 3 rings (SSSR count). The van der Waals surface area contributed by atoms with Crippen LogP contribution in [0, 0.1) is 10.1 Å². The molecule has 0 N–H and O–H groups in total. The van der Waals surface area contributed by atoms with Gasteiger partial charge in [-0.2, -0.15) is 9.40 Å². The highest BCUT2D eigenvalue weighted by Gasteiger charge is 2.30. The van der Waals surface area contributed by atoms with Gasteiger partial charge in [0, 0.05) is 39.1 Å². The fourth-order valence-electron chi connectivity index (χ4n) is 2.65. The molecule has 1 amide bonds. The van der Waals surface area contributed by atoms with E-state index in [1.54, 1.807) is 22.4 Å². The molecule has 0 spiro atoms. The number of aryl methyl sites for hydroxylation is 1. The van der Waals surface area contributed by atoms with Crippen molar-refractivity contribution in [1.82, 2.24) is 19.0 Å². The van der Waals surface area contributed by atoms with Gasteiger partial charge in [-0.1, -0.05) is 6.07 Å². The molecule has 140 valence electrons. The lowest BCUT2D eigenvalue weighted by Gasteiger charge is -2.33. The van der Waals surface area contributed by atoms with Gasteiger partial charge in [0.05, 0.1) is 4.92 Å². The monoisotopic (exact) mass is 399 g/mol. The van der Waals surface area contributed by atoms with E-state index >= 15 is 0 Å². The molecule has 10 nitrogen and oxygen atoms in total. The van der Waals surface area contributed by atoms with Gasteiger partial charge in [-0.3, -0.25) is 19.6 Å². The van der Waals surface area contributed by atoms with Crippen molar-refractivity contribution in [2.75, 3.05) is 26.2 Å². The fraction of sp³-hybridized carbons (Fsp3) is 0.429. The molecule has 0 aromatic carbocycles. The van der Waals surface area contributed by atoms with Crippen LogP contribution in [0.2, 0.25) is 0 Å². The molecule has 2 aromatic heterocycles. The van der Waals surface area contributed by atoms with Gasteiger partial charge < -0.3 is 4.90 Å². The molecule has 0 aliphatic carbocycles. The van der Waals surface area contributed by atoms with Gasteiger partial charge in [-0.15, -0.1) is 11.3 Å². The molecule has 1 aliphatic rings. The van der Waals surface area contributed by atoms with Crippen molar-refractivity contribution in [3.05, 3.63) is 40.0 Å². The van der Waals surface area contributed by atoms with Gasteiger partial charge in [0.25, 0.3) is 10.0 Å². The third-order valence-electron chi connectivity index (χ3n) is 4.07. The zero-order chi connectivity index (χ0) is 18.7. The first-order chi connectivity index (χ1) is 12.4. The minimum atomic E-state index is -3.49. The minimum Gasteiger partial charge on any atom is -0.340 e. The van der Waals surface area contributed by atoms with Crippen LogP contribution in [0.4, 0.5) is 5.69 Å². The molecule has 26 heavy (non-hydrogen) atoms. The normalized spacial score (nSPS) is 15.9. The summed E-state index contributed by atoms with van der Waals surface area (Å²) < 4.78 is 28.0. The summed E-state index contributed by atoms with van der Waals surface area (Å²) in [5.74, 6) is -0.128.